The van der Waals surface area contributed by atoms with Crippen LogP contribution in [0.3, 0.4) is 0 Å². The molecule has 1 aliphatic heterocycles. The smallest absolute Gasteiger partial charge is 0.251 e. The number of carbonyl (C=O) groups excluding carboxylic acids is 2. The lowest BCUT2D eigenvalue weighted by molar-refractivity contribution is -0.123. The second kappa shape index (κ2) is 8.68. The lowest BCUT2D eigenvalue weighted by Crippen LogP contribution is -2.33. The highest BCUT2D eigenvalue weighted by Gasteiger charge is 2.57. The minimum absolute atomic E-state index is 0. The van der Waals surface area contributed by atoms with Crippen molar-refractivity contribution in [1.29, 1.82) is 0 Å². The number of piperidine rings is 1. The number of halogens is 1. The summed E-state index contributed by atoms with van der Waals surface area (Å²) in [6.45, 7) is 5.24. The van der Waals surface area contributed by atoms with Crippen molar-refractivity contribution in [3.8, 4) is 0 Å². The van der Waals surface area contributed by atoms with Crippen LogP contribution in [-0.4, -0.2) is 31.4 Å². The van der Waals surface area contributed by atoms with Crippen LogP contribution in [0.2, 0.25) is 0 Å². The van der Waals surface area contributed by atoms with Crippen LogP contribution in [0.1, 0.15) is 48.5 Å². The summed E-state index contributed by atoms with van der Waals surface area (Å²) in [5.74, 6) is 0.286. The molecule has 1 atom stereocenters. The Morgan fingerprint density at radius 1 is 1.24 bits per heavy atom. The second-order valence-corrected chi connectivity index (χ2v) is 7.04. The molecule has 1 aliphatic carbocycles. The first kappa shape index (κ1) is 19.7. The molecule has 1 heterocycles. The maximum atomic E-state index is 12.4. The van der Waals surface area contributed by atoms with Gasteiger partial charge in [-0.1, -0.05) is 19.1 Å². The lowest BCUT2D eigenvalue weighted by atomic mass is 9.92. The van der Waals surface area contributed by atoms with Gasteiger partial charge in [0.2, 0.25) is 5.91 Å². The van der Waals surface area contributed by atoms with Gasteiger partial charge in [0.25, 0.3) is 5.91 Å². The van der Waals surface area contributed by atoms with Crippen molar-refractivity contribution in [2.45, 2.75) is 39.2 Å². The summed E-state index contributed by atoms with van der Waals surface area (Å²) in [5, 5.41) is 9.29. The van der Waals surface area contributed by atoms with Crippen molar-refractivity contribution in [1.82, 2.24) is 16.0 Å². The molecule has 0 aromatic heterocycles. The van der Waals surface area contributed by atoms with E-state index < -0.39 is 0 Å². The van der Waals surface area contributed by atoms with Crippen molar-refractivity contribution >= 4 is 24.2 Å². The van der Waals surface area contributed by atoms with Gasteiger partial charge in [-0.2, -0.15) is 0 Å². The van der Waals surface area contributed by atoms with Crippen molar-refractivity contribution in [2.24, 2.45) is 11.3 Å². The number of hydrogen-bond acceptors (Lipinski definition) is 3. The number of amides is 2. The van der Waals surface area contributed by atoms with Crippen LogP contribution in [0.25, 0.3) is 0 Å². The average molecular weight is 366 g/mol. The third-order valence-corrected chi connectivity index (χ3v) is 5.30. The maximum Gasteiger partial charge on any atom is 0.251 e. The minimum Gasteiger partial charge on any atom is -0.352 e. The van der Waals surface area contributed by atoms with Crippen LogP contribution in [0, 0.1) is 11.3 Å². The molecule has 1 unspecified atom stereocenters. The van der Waals surface area contributed by atoms with Gasteiger partial charge in [0.15, 0.2) is 0 Å². The zero-order valence-electron chi connectivity index (χ0n) is 14.8. The normalized spacial score (nSPS) is 20.4. The highest BCUT2D eigenvalue weighted by Crippen LogP contribution is 2.58. The number of hydrogen-bond donors (Lipinski definition) is 3. The van der Waals surface area contributed by atoms with Crippen molar-refractivity contribution in [3.63, 3.8) is 0 Å². The molecule has 138 valence electrons. The van der Waals surface area contributed by atoms with E-state index in [4.69, 9.17) is 0 Å². The molecule has 6 heteroatoms. The summed E-state index contributed by atoms with van der Waals surface area (Å²) < 4.78 is 0. The van der Waals surface area contributed by atoms with E-state index in [2.05, 4.69) is 16.0 Å². The fourth-order valence-corrected chi connectivity index (χ4v) is 3.67. The van der Waals surface area contributed by atoms with E-state index in [1.165, 1.54) is 0 Å². The zero-order chi connectivity index (χ0) is 17.0. The molecule has 3 rings (SSSR count). The first-order valence-electron chi connectivity index (χ1n) is 9.00. The molecule has 1 aromatic carbocycles. The lowest BCUT2D eigenvalue weighted by Gasteiger charge is -2.23. The molecule has 2 fully saturated rings. The van der Waals surface area contributed by atoms with E-state index in [9.17, 15) is 9.59 Å². The largest absolute Gasteiger partial charge is 0.352 e. The van der Waals surface area contributed by atoms with E-state index in [-0.39, 0.29) is 35.6 Å². The predicted octanol–water partition coefficient (Wildman–Crippen LogP) is 2.25. The predicted molar refractivity (Wildman–Crippen MR) is 101 cm³/mol. The van der Waals surface area contributed by atoms with Gasteiger partial charge < -0.3 is 16.0 Å². The molecular weight excluding hydrogens is 338 g/mol. The fraction of sp³-hybridized carbons (Fsp3) is 0.579. The van der Waals surface area contributed by atoms with Crippen LogP contribution in [-0.2, 0) is 11.3 Å². The van der Waals surface area contributed by atoms with E-state index in [0.29, 0.717) is 18.7 Å². The number of rotatable bonds is 6. The third kappa shape index (κ3) is 4.73. The van der Waals surface area contributed by atoms with Crippen LogP contribution in [0.5, 0.6) is 0 Å². The van der Waals surface area contributed by atoms with Gasteiger partial charge in [-0.05, 0) is 61.9 Å². The first-order valence-corrected chi connectivity index (χ1v) is 9.00. The minimum atomic E-state index is -0.0547. The van der Waals surface area contributed by atoms with Crippen molar-refractivity contribution < 1.29 is 9.59 Å². The highest BCUT2D eigenvalue weighted by molar-refractivity contribution is 5.94. The summed E-state index contributed by atoms with van der Waals surface area (Å²) in [7, 11) is 0. The van der Waals surface area contributed by atoms with E-state index in [0.717, 1.165) is 44.3 Å². The standard InChI is InChI=1S/C19H27N3O2.ClH/c1-2-8-21-17(23)15-5-3-4-14(11-15)13-22-18(24)16-12-19(16)6-9-20-10-7-19;/h3-5,11,16,20H,2,6-10,12-13H2,1H3,(H,21,23)(H,22,24);1H. The number of nitrogens with one attached hydrogen (secondary N) is 3. The van der Waals surface area contributed by atoms with Crippen LogP contribution >= 0.6 is 12.4 Å². The highest BCUT2D eigenvalue weighted by atomic mass is 35.5. The summed E-state index contributed by atoms with van der Waals surface area (Å²) in [5.41, 5.74) is 1.88. The Bertz CT molecular complexity index is 614. The molecule has 1 spiro atoms. The summed E-state index contributed by atoms with van der Waals surface area (Å²) in [6, 6.07) is 7.48. The van der Waals surface area contributed by atoms with Gasteiger partial charge in [-0.3, -0.25) is 9.59 Å². The number of carbonyl (C=O) groups is 2. The van der Waals surface area contributed by atoms with Gasteiger partial charge in [0, 0.05) is 24.6 Å². The topological polar surface area (TPSA) is 70.2 Å². The maximum absolute atomic E-state index is 12.4. The SMILES string of the molecule is CCCNC(=O)c1cccc(CNC(=O)C2CC23CCNCC3)c1.Cl. The zero-order valence-corrected chi connectivity index (χ0v) is 15.6. The van der Waals surface area contributed by atoms with Gasteiger partial charge in [0.1, 0.15) is 0 Å². The molecule has 5 nitrogen and oxygen atoms in total. The fourth-order valence-electron chi connectivity index (χ4n) is 3.67. The van der Waals surface area contributed by atoms with Crippen molar-refractivity contribution in [2.75, 3.05) is 19.6 Å². The summed E-state index contributed by atoms with van der Waals surface area (Å²) in [4.78, 5) is 24.4. The van der Waals surface area contributed by atoms with Crippen LogP contribution in [0.4, 0.5) is 0 Å². The molecule has 0 radical (unpaired) electrons. The van der Waals surface area contributed by atoms with Crippen LogP contribution < -0.4 is 16.0 Å². The van der Waals surface area contributed by atoms with E-state index in [1.54, 1.807) is 6.07 Å². The average Bonchev–Trinajstić information content (AvgIpc) is 3.31. The molecule has 0 bridgehead atoms. The second-order valence-electron chi connectivity index (χ2n) is 7.04. The van der Waals surface area contributed by atoms with Crippen LogP contribution in [0.15, 0.2) is 24.3 Å². The van der Waals surface area contributed by atoms with Gasteiger partial charge in [0.05, 0.1) is 0 Å². The molecule has 1 aromatic rings. The Balaban J connectivity index is 0.00000225. The molecule has 2 aliphatic rings. The van der Waals surface area contributed by atoms with E-state index in [1.807, 2.05) is 25.1 Å². The summed E-state index contributed by atoms with van der Waals surface area (Å²) >= 11 is 0. The molecule has 1 saturated heterocycles. The monoisotopic (exact) mass is 365 g/mol. The first-order chi connectivity index (χ1) is 11.6. The Hall–Kier alpha value is -1.59. The molecule has 25 heavy (non-hydrogen) atoms. The number of benzene rings is 1. The molecule has 3 N–H and O–H groups in total. The Kier molecular flexibility index (Phi) is 6.85. The Morgan fingerprint density at radius 2 is 2.00 bits per heavy atom. The summed E-state index contributed by atoms with van der Waals surface area (Å²) in [6.07, 6.45) is 4.16. The molecule has 1 saturated carbocycles. The van der Waals surface area contributed by atoms with Gasteiger partial charge >= 0.3 is 0 Å². The quantitative estimate of drug-likeness (QED) is 0.724. The van der Waals surface area contributed by atoms with Crippen molar-refractivity contribution in [3.05, 3.63) is 35.4 Å². The molecular formula is C19H28ClN3O2. The third-order valence-electron chi connectivity index (χ3n) is 5.30. The molecule has 2 amide bonds. The van der Waals surface area contributed by atoms with Gasteiger partial charge in [-0.25, -0.2) is 0 Å². The van der Waals surface area contributed by atoms with E-state index >= 15 is 0 Å². The van der Waals surface area contributed by atoms with Gasteiger partial charge in [-0.15, -0.1) is 12.4 Å². The Labute approximate surface area is 155 Å². The Morgan fingerprint density at radius 3 is 2.72 bits per heavy atom.